The molecule has 1 N–H and O–H groups in total. The minimum Gasteiger partial charge on any atom is -0.350 e. The van der Waals surface area contributed by atoms with Crippen LogP contribution >= 0.6 is 0 Å². The molecule has 1 aliphatic carbocycles. The topological polar surface area (TPSA) is 86.8 Å². The Bertz CT molecular complexity index is 1140. The maximum absolute atomic E-state index is 13.7. The number of nitrogens with one attached hydrogen (secondary N) is 1. The van der Waals surface area contributed by atoms with Gasteiger partial charge in [0.15, 0.2) is 0 Å². The molecule has 2 amide bonds. The fourth-order valence-corrected chi connectivity index (χ4v) is 6.76. The summed E-state index contributed by atoms with van der Waals surface area (Å²) in [6, 6.07) is 16.1. The quantitative estimate of drug-likeness (QED) is 0.618. The number of benzene rings is 2. The Morgan fingerprint density at radius 2 is 1.63 bits per heavy atom. The number of sulfonamides is 1. The molecule has 7 nitrogen and oxygen atoms in total. The molecule has 1 aliphatic heterocycles. The van der Waals surface area contributed by atoms with Crippen LogP contribution in [0.1, 0.15) is 56.6 Å². The predicted octanol–water partition coefficient (Wildman–Crippen LogP) is 3.63. The second-order valence-corrected chi connectivity index (χ2v) is 11.9. The van der Waals surface area contributed by atoms with Gasteiger partial charge in [-0.25, -0.2) is 8.42 Å². The van der Waals surface area contributed by atoms with Crippen molar-refractivity contribution in [1.29, 1.82) is 0 Å². The average molecular weight is 498 g/mol. The molecule has 35 heavy (non-hydrogen) atoms. The van der Waals surface area contributed by atoms with E-state index in [1.807, 2.05) is 37.3 Å². The third-order valence-electron chi connectivity index (χ3n) is 7.23. The molecule has 1 atom stereocenters. The zero-order valence-corrected chi connectivity index (χ0v) is 21.4. The number of hydrogen-bond acceptors (Lipinski definition) is 4. The summed E-state index contributed by atoms with van der Waals surface area (Å²) in [5, 5.41) is 2.98. The van der Waals surface area contributed by atoms with Crippen LogP contribution in [-0.2, 0) is 26.2 Å². The van der Waals surface area contributed by atoms with Gasteiger partial charge in [-0.2, -0.15) is 4.31 Å². The molecule has 0 spiro atoms. The van der Waals surface area contributed by atoms with Crippen molar-refractivity contribution >= 4 is 21.8 Å². The normalized spacial score (nSPS) is 22.6. The van der Waals surface area contributed by atoms with Gasteiger partial charge in [0.1, 0.15) is 5.54 Å². The highest BCUT2D eigenvalue weighted by Crippen LogP contribution is 2.34. The number of piperazine rings is 1. The number of rotatable bonds is 6. The van der Waals surface area contributed by atoms with E-state index in [9.17, 15) is 18.0 Å². The SMILES string of the molecule is Cc1ccc(S(=O)(=O)N2CC(=O)N(C3CCCCCC3)[C@@](C)(C(=O)NCc3ccccc3)C2)cc1. The number of amides is 2. The van der Waals surface area contributed by atoms with Crippen LogP contribution in [0.25, 0.3) is 0 Å². The van der Waals surface area contributed by atoms with Crippen molar-refractivity contribution in [2.45, 2.75) is 75.4 Å². The summed E-state index contributed by atoms with van der Waals surface area (Å²) in [6.45, 7) is 3.58. The molecule has 2 aliphatic rings. The van der Waals surface area contributed by atoms with E-state index in [2.05, 4.69) is 5.32 Å². The van der Waals surface area contributed by atoms with Crippen molar-refractivity contribution in [1.82, 2.24) is 14.5 Å². The second-order valence-electron chi connectivity index (χ2n) is 9.94. The van der Waals surface area contributed by atoms with Crippen molar-refractivity contribution < 1.29 is 18.0 Å². The van der Waals surface area contributed by atoms with Crippen molar-refractivity contribution in [3.8, 4) is 0 Å². The van der Waals surface area contributed by atoms with Crippen molar-refractivity contribution in [3.05, 3.63) is 65.7 Å². The van der Waals surface area contributed by atoms with E-state index in [1.54, 1.807) is 36.1 Å². The molecule has 188 valence electrons. The molecule has 4 rings (SSSR count). The molecule has 0 aromatic heterocycles. The number of carbonyl (C=O) groups excluding carboxylic acids is 2. The van der Waals surface area contributed by atoms with Crippen molar-refractivity contribution in [3.63, 3.8) is 0 Å². The van der Waals surface area contributed by atoms with Crippen LogP contribution in [-0.4, -0.2) is 54.1 Å². The Hall–Kier alpha value is -2.71. The van der Waals surface area contributed by atoms with E-state index in [4.69, 9.17) is 0 Å². The van der Waals surface area contributed by atoms with Gasteiger partial charge in [-0.1, -0.05) is 73.7 Å². The summed E-state index contributed by atoms with van der Waals surface area (Å²) >= 11 is 0. The van der Waals surface area contributed by atoms with E-state index in [0.717, 1.165) is 49.7 Å². The van der Waals surface area contributed by atoms with Gasteiger partial charge in [-0.3, -0.25) is 9.59 Å². The van der Waals surface area contributed by atoms with E-state index in [0.29, 0.717) is 6.54 Å². The predicted molar refractivity (Wildman–Crippen MR) is 135 cm³/mol. The van der Waals surface area contributed by atoms with Gasteiger partial charge in [-0.15, -0.1) is 0 Å². The lowest BCUT2D eigenvalue weighted by atomic mass is 9.91. The fourth-order valence-electron chi connectivity index (χ4n) is 5.28. The molecule has 0 bridgehead atoms. The van der Waals surface area contributed by atoms with Crippen molar-refractivity contribution in [2.24, 2.45) is 0 Å². The lowest BCUT2D eigenvalue weighted by molar-refractivity contribution is -0.157. The van der Waals surface area contributed by atoms with Gasteiger partial charge >= 0.3 is 0 Å². The van der Waals surface area contributed by atoms with E-state index in [-0.39, 0.29) is 35.8 Å². The third kappa shape index (κ3) is 5.43. The first-order chi connectivity index (χ1) is 16.7. The number of aryl methyl sites for hydroxylation is 1. The summed E-state index contributed by atoms with van der Waals surface area (Å²) in [6.07, 6.45) is 5.89. The Morgan fingerprint density at radius 1 is 1.00 bits per heavy atom. The van der Waals surface area contributed by atoms with Gasteiger partial charge in [-0.05, 0) is 44.4 Å². The second kappa shape index (κ2) is 10.5. The Kier molecular flexibility index (Phi) is 7.62. The van der Waals surface area contributed by atoms with Crippen LogP contribution in [0.15, 0.2) is 59.5 Å². The largest absolute Gasteiger partial charge is 0.350 e. The third-order valence-corrected chi connectivity index (χ3v) is 9.04. The lowest BCUT2D eigenvalue weighted by Gasteiger charge is -2.50. The number of nitrogens with zero attached hydrogens (tertiary/aromatic N) is 2. The Balaban J connectivity index is 1.65. The first-order valence-corrected chi connectivity index (χ1v) is 13.9. The molecule has 8 heteroatoms. The molecule has 0 radical (unpaired) electrons. The zero-order valence-electron chi connectivity index (χ0n) is 20.6. The summed E-state index contributed by atoms with van der Waals surface area (Å²) < 4.78 is 28.2. The summed E-state index contributed by atoms with van der Waals surface area (Å²) in [4.78, 5) is 29.1. The van der Waals surface area contributed by atoms with Crippen LogP contribution in [0.5, 0.6) is 0 Å². The van der Waals surface area contributed by atoms with Gasteiger partial charge in [0.2, 0.25) is 21.8 Å². The Morgan fingerprint density at radius 3 is 2.26 bits per heavy atom. The molecule has 1 saturated carbocycles. The molecular formula is C27H35N3O4S. The maximum Gasteiger partial charge on any atom is 0.247 e. The van der Waals surface area contributed by atoms with Crippen LogP contribution in [0.3, 0.4) is 0 Å². The van der Waals surface area contributed by atoms with Crippen LogP contribution in [0.4, 0.5) is 0 Å². The molecule has 2 aromatic carbocycles. The first-order valence-electron chi connectivity index (χ1n) is 12.4. The van der Waals surface area contributed by atoms with Crippen LogP contribution in [0.2, 0.25) is 0 Å². The average Bonchev–Trinajstić information content (AvgIpc) is 3.12. The van der Waals surface area contributed by atoms with Gasteiger partial charge in [0.25, 0.3) is 0 Å². The molecular weight excluding hydrogens is 462 g/mol. The minimum absolute atomic E-state index is 0.0679. The molecule has 1 heterocycles. The van der Waals surface area contributed by atoms with E-state index < -0.39 is 15.6 Å². The molecule has 2 aromatic rings. The minimum atomic E-state index is -3.94. The summed E-state index contributed by atoms with van der Waals surface area (Å²) in [7, 11) is -3.94. The van der Waals surface area contributed by atoms with Gasteiger partial charge in [0.05, 0.1) is 11.4 Å². The van der Waals surface area contributed by atoms with Crippen LogP contribution in [0, 0.1) is 6.92 Å². The van der Waals surface area contributed by atoms with Crippen LogP contribution < -0.4 is 5.32 Å². The Labute approximate surface area is 208 Å². The first kappa shape index (κ1) is 25.4. The number of hydrogen-bond donors (Lipinski definition) is 1. The monoisotopic (exact) mass is 497 g/mol. The smallest absolute Gasteiger partial charge is 0.247 e. The zero-order chi connectivity index (χ0) is 25.1. The fraction of sp³-hybridized carbons (Fsp3) is 0.481. The van der Waals surface area contributed by atoms with E-state index >= 15 is 0 Å². The summed E-state index contributed by atoms with van der Waals surface area (Å²) in [5.41, 5.74) is 0.580. The maximum atomic E-state index is 13.7. The van der Waals surface area contributed by atoms with Gasteiger partial charge < -0.3 is 10.2 Å². The highest BCUT2D eigenvalue weighted by atomic mass is 32.2. The highest BCUT2D eigenvalue weighted by Gasteiger charge is 2.52. The van der Waals surface area contributed by atoms with E-state index in [1.165, 1.54) is 4.31 Å². The standard InChI is InChI=1S/C27H35N3O4S/c1-21-14-16-24(17-15-21)35(33,34)29-19-25(31)30(23-12-8-3-4-9-13-23)27(2,20-29)26(32)28-18-22-10-6-5-7-11-22/h5-7,10-11,14-17,23H,3-4,8-9,12-13,18-20H2,1-2H3,(H,28,32)/t27-/m1/s1. The summed E-state index contributed by atoms with van der Waals surface area (Å²) in [5.74, 6) is -0.640. The molecule has 2 fully saturated rings. The molecule has 1 saturated heterocycles. The highest BCUT2D eigenvalue weighted by molar-refractivity contribution is 7.89. The van der Waals surface area contributed by atoms with Gasteiger partial charge in [0, 0.05) is 19.1 Å². The lowest BCUT2D eigenvalue weighted by Crippen LogP contribution is -2.71. The van der Waals surface area contributed by atoms with Crippen molar-refractivity contribution in [2.75, 3.05) is 13.1 Å². The number of carbonyl (C=O) groups is 2. The molecule has 0 unspecified atom stereocenters.